The first-order valence-electron chi connectivity index (χ1n) is 5.68. The van der Waals surface area contributed by atoms with Crippen LogP contribution < -0.4 is 0 Å². The molecule has 0 aliphatic rings. The van der Waals surface area contributed by atoms with Gasteiger partial charge in [-0.3, -0.25) is 0 Å². The van der Waals surface area contributed by atoms with E-state index >= 15 is 0 Å². The Hall–Kier alpha value is 0.440. The summed E-state index contributed by atoms with van der Waals surface area (Å²) in [5, 5.41) is 1.08. The standard InChI is InChI=1S/C12H25BrO/c1-5-6-12(4,10-13)7-8-14-9-11(2)3/h11H,5-10H2,1-4H3. The third kappa shape index (κ3) is 6.83. The van der Waals surface area contributed by atoms with Crippen LogP contribution >= 0.6 is 15.9 Å². The van der Waals surface area contributed by atoms with E-state index in [1.807, 2.05) is 0 Å². The third-order valence-electron chi connectivity index (χ3n) is 2.48. The number of ether oxygens (including phenoxy) is 1. The minimum absolute atomic E-state index is 0.422. The first-order chi connectivity index (χ1) is 6.54. The Kier molecular flexibility index (Phi) is 7.94. The van der Waals surface area contributed by atoms with Crippen LogP contribution in [-0.2, 0) is 4.74 Å². The topological polar surface area (TPSA) is 9.23 Å². The highest BCUT2D eigenvalue weighted by Crippen LogP contribution is 2.29. The van der Waals surface area contributed by atoms with Crippen molar-refractivity contribution in [1.29, 1.82) is 0 Å². The third-order valence-corrected chi connectivity index (χ3v) is 3.83. The fraction of sp³-hybridized carbons (Fsp3) is 1.00. The summed E-state index contributed by atoms with van der Waals surface area (Å²) in [5.41, 5.74) is 0.422. The van der Waals surface area contributed by atoms with Crippen molar-refractivity contribution in [3.05, 3.63) is 0 Å². The van der Waals surface area contributed by atoms with Crippen LogP contribution in [0.25, 0.3) is 0 Å². The smallest absolute Gasteiger partial charge is 0.0488 e. The van der Waals surface area contributed by atoms with Crippen LogP contribution in [0.15, 0.2) is 0 Å². The number of hydrogen-bond donors (Lipinski definition) is 0. The van der Waals surface area contributed by atoms with Gasteiger partial charge in [-0.15, -0.1) is 0 Å². The van der Waals surface area contributed by atoms with Gasteiger partial charge in [0.15, 0.2) is 0 Å². The maximum absolute atomic E-state index is 5.62. The van der Waals surface area contributed by atoms with Crippen LogP contribution in [0.2, 0.25) is 0 Å². The van der Waals surface area contributed by atoms with Crippen molar-refractivity contribution in [3.8, 4) is 0 Å². The number of halogens is 1. The van der Waals surface area contributed by atoms with Crippen molar-refractivity contribution >= 4 is 15.9 Å². The zero-order valence-electron chi connectivity index (χ0n) is 10.1. The Morgan fingerprint density at radius 2 is 1.93 bits per heavy atom. The van der Waals surface area contributed by atoms with Crippen LogP contribution in [0, 0.1) is 11.3 Å². The second-order valence-electron chi connectivity index (χ2n) is 4.91. The SMILES string of the molecule is CCCC(C)(CBr)CCOCC(C)C. The Labute approximate surface area is 97.7 Å². The Balaban J connectivity index is 3.61. The zero-order valence-corrected chi connectivity index (χ0v) is 11.7. The lowest BCUT2D eigenvalue weighted by molar-refractivity contribution is 0.0837. The molecule has 1 unspecified atom stereocenters. The molecule has 0 aliphatic heterocycles. The van der Waals surface area contributed by atoms with Crippen LogP contribution in [0.4, 0.5) is 0 Å². The molecule has 0 spiro atoms. The van der Waals surface area contributed by atoms with E-state index in [0.29, 0.717) is 11.3 Å². The highest BCUT2D eigenvalue weighted by atomic mass is 79.9. The van der Waals surface area contributed by atoms with Crippen LogP contribution in [0.3, 0.4) is 0 Å². The predicted molar refractivity (Wildman–Crippen MR) is 67.1 cm³/mol. The fourth-order valence-electron chi connectivity index (χ4n) is 1.50. The van der Waals surface area contributed by atoms with E-state index in [-0.39, 0.29) is 0 Å². The van der Waals surface area contributed by atoms with E-state index < -0.39 is 0 Å². The van der Waals surface area contributed by atoms with Crippen molar-refractivity contribution < 1.29 is 4.74 Å². The van der Waals surface area contributed by atoms with Gasteiger partial charge in [-0.05, 0) is 24.2 Å². The lowest BCUT2D eigenvalue weighted by Gasteiger charge is -2.26. The predicted octanol–water partition coefficient (Wildman–Crippen LogP) is 4.25. The van der Waals surface area contributed by atoms with E-state index in [9.17, 15) is 0 Å². The first kappa shape index (κ1) is 14.4. The van der Waals surface area contributed by atoms with Crippen LogP contribution in [0.5, 0.6) is 0 Å². The van der Waals surface area contributed by atoms with Gasteiger partial charge >= 0.3 is 0 Å². The maximum atomic E-state index is 5.62. The Bertz CT molecular complexity index is 136. The first-order valence-corrected chi connectivity index (χ1v) is 6.80. The lowest BCUT2D eigenvalue weighted by Crippen LogP contribution is -2.21. The van der Waals surface area contributed by atoms with Gasteiger partial charge in [0.05, 0.1) is 0 Å². The van der Waals surface area contributed by atoms with E-state index in [2.05, 4.69) is 43.6 Å². The summed E-state index contributed by atoms with van der Waals surface area (Å²) >= 11 is 3.60. The van der Waals surface area contributed by atoms with E-state index in [1.54, 1.807) is 0 Å². The maximum Gasteiger partial charge on any atom is 0.0488 e. The van der Waals surface area contributed by atoms with Crippen molar-refractivity contribution in [2.75, 3.05) is 18.5 Å². The largest absolute Gasteiger partial charge is 0.381 e. The minimum atomic E-state index is 0.422. The van der Waals surface area contributed by atoms with Gasteiger partial charge in [0.2, 0.25) is 0 Å². The van der Waals surface area contributed by atoms with Crippen molar-refractivity contribution in [3.63, 3.8) is 0 Å². The van der Waals surface area contributed by atoms with Gasteiger partial charge in [-0.2, -0.15) is 0 Å². The summed E-state index contributed by atoms with van der Waals surface area (Å²) in [6.45, 7) is 10.8. The van der Waals surface area contributed by atoms with Crippen molar-refractivity contribution in [2.24, 2.45) is 11.3 Å². The second kappa shape index (κ2) is 7.70. The molecule has 0 fully saturated rings. The molecule has 1 atom stereocenters. The molecule has 14 heavy (non-hydrogen) atoms. The average molecular weight is 265 g/mol. The zero-order chi connectivity index (χ0) is 11.0. The molecule has 0 radical (unpaired) electrons. The summed E-state index contributed by atoms with van der Waals surface area (Å²) in [5.74, 6) is 0.649. The summed E-state index contributed by atoms with van der Waals surface area (Å²) in [7, 11) is 0. The molecule has 0 saturated carbocycles. The number of alkyl halides is 1. The summed E-state index contributed by atoms with van der Waals surface area (Å²) < 4.78 is 5.62. The monoisotopic (exact) mass is 264 g/mol. The molecule has 0 heterocycles. The van der Waals surface area contributed by atoms with Gasteiger partial charge in [0.25, 0.3) is 0 Å². The van der Waals surface area contributed by atoms with Gasteiger partial charge in [0, 0.05) is 18.5 Å². The molecular weight excluding hydrogens is 240 g/mol. The van der Waals surface area contributed by atoms with Crippen molar-refractivity contribution in [2.45, 2.75) is 47.0 Å². The van der Waals surface area contributed by atoms with Crippen molar-refractivity contribution in [1.82, 2.24) is 0 Å². The molecule has 0 aromatic rings. The molecule has 0 N–H and O–H groups in total. The minimum Gasteiger partial charge on any atom is -0.381 e. The molecule has 1 nitrogen and oxygen atoms in total. The van der Waals surface area contributed by atoms with Gasteiger partial charge < -0.3 is 4.74 Å². The molecule has 0 amide bonds. The average Bonchev–Trinajstić information content (AvgIpc) is 2.13. The van der Waals surface area contributed by atoms with Crippen LogP contribution in [0.1, 0.15) is 47.0 Å². The molecule has 0 aliphatic carbocycles. The normalized spacial score (nSPS) is 15.9. The molecule has 0 saturated heterocycles. The highest BCUT2D eigenvalue weighted by Gasteiger charge is 2.21. The summed E-state index contributed by atoms with van der Waals surface area (Å²) in [6.07, 6.45) is 3.70. The van der Waals surface area contributed by atoms with Gasteiger partial charge in [-0.1, -0.05) is 50.0 Å². The van der Waals surface area contributed by atoms with E-state index in [4.69, 9.17) is 4.74 Å². The molecule has 2 heteroatoms. The number of rotatable bonds is 8. The molecule has 0 aromatic carbocycles. The summed E-state index contributed by atoms with van der Waals surface area (Å²) in [6, 6.07) is 0. The lowest BCUT2D eigenvalue weighted by atomic mass is 9.85. The highest BCUT2D eigenvalue weighted by molar-refractivity contribution is 9.09. The quantitative estimate of drug-likeness (QED) is 0.471. The number of hydrogen-bond acceptors (Lipinski definition) is 1. The van der Waals surface area contributed by atoms with Crippen LogP contribution in [-0.4, -0.2) is 18.5 Å². The molecule has 86 valence electrons. The molecular formula is C12H25BrO. The summed E-state index contributed by atoms with van der Waals surface area (Å²) in [4.78, 5) is 0. The van der Waals surface area contributed by atoms with Gasteiger partial charge in [0.1, 0.15) is 0 Å². The molecule has 0 aromatic heterocycles. The Morgan fingerprint density at radius 3 is 2.36 bits per heavy atom. The van der Waals surface area contributed by atoms with Gasteiger partial charge in [-0.25, -0.2) is 0 Å². The Morgan fingerprint density at radius 1 is 1.29 bits per heavy atom. The van der Waals surface area contributed by atoms with E-state index in [0.717, 1.165) is 18.5 Å². The second-order valence-corrected chi connectivity index (χ2v) is 5.47. The molecule has 0 bridgehead atoms. The molecule has 0 rings (SSSR count). The van der Waals surface area contributed by atoms with E-state index in [1.165, 1.54) is 19.3 Å². The fourth-order valence-corrected chi connectivity index (χ4v) is 2.06.